The highest BCUT2D eigenvalue weighted by Crippen LogP contribution is 2.32. The smallest absolute Gasteiger partial charge is 0.224 e. The van der Waals surface area contributed by atoms with Crippen LogP contribution >= 0.6 is 0 Å². The van der Waals surface area contributed by atoms with Crippen molar-refractivity contribution in [3.05, 3.63) is 53.7 Å². The Labute approximate surface area is 122 Å². The summed E-state index contributed by atoms with van der Waals surface area (Å²) in [4.78, 5) is 12.0. The first-order valence-electron chi connectivity index (χ1n) is 5.99. The van der Waals surface area contributed by atoms with Crippen molar-refractivity contribution in [2.75, 3.05) is 7.11 Å². The lowest BCUT2D eigenvalue weighted by Crippen LogP contribution is -2.30. The van der Waals surface area contributed by atoms with Gasteiger partial charge in [-0.15, -0.1) is 0 Å². The lowest BCUT2D eigenvalue weighted by molar-refractivity contribution is -0.660. The van der Waals surface area contributed by atoms with Crippen molar-refractivity contribution in [3.63, 3.8) is 0 Å². The summed E-state index contributed by atoms with van der Waals surface area (Å²) < 4.78 is 33.0. The second-order valence-corrected chi connectivity index (χ2v) is 5.48. The van der Waals surface area contributed by atoms with Crippen molar-refractivity contribution < 1.29 is 26.5 Å². The number of carbonyl (C=O) groups is 1. The Kier molecular flexibility index (Phi) is 4.17. The van der Waals surface area contributed by atoms with Gasteiger partial charge in [-0.05, 0) is 12.1 Å². The molecule has 0 saturated carbocycles. The lowest BCUT2D eigenvalue weighted by atomic mass is 10.1. The van der Waals surface area contributed by atoms with Crippen LogP contribution in [0.25, 0.3) is 11.3 Å². The summed E-state index contributed by atoms with van der Waals surface area (Å²) in [7, 11) is -1.64. The number of ketones is 1. The molecule has 0 fully saturated rings. The largest absolute Gasteiger partial charge is 0.726 e. The van der Waals surface area contributed by atoms with Gasteiger partial charge in [0.15, 0.2) is 6.20 Å². The summed E-state index contributed by atoms with van der Waals surface area (Å²) in [5.74, 6) is 0.136. The Morgan fingerprint density at radius 1 is 1.05 bits per heavy atom. The average molecular weight is 307 g/mol. The third-order valence-electron chi connectivity index (χ3n) is 3.06. The van der Waals surface area contributed by atoms with Crippen LogP contribution in [-0.4, -0.2) is 25.9 Å². The normalized spacial score (nSPS) is 12.2. The zero-order valence-corrected chi connectivity index (χ0v) is 12.3. The molecule has 21 heavy (non-hydrogen) atoms. The SMILES string of the molecule is COS(=O)(=O)[O-].C[n+]1cccc2c1-c1ccccc1C2=O. The number of pyridine rings is 1. The van der Waals surface area contributed by atoms with Gasteiger partial charge in [-0.2, -0.15) is 0 Å². The van der Waals surface area contributed by atoms with Crippen LogP contribution in [0.15, 0.2) is 42.6 Å². The molecular formula is C14H13NO5S. The van der Waals surface area contributed by atoms with E-state index in [-0.39, 0.29) is 5.78 Å². The van der Waals surface area contributed by atoms with Crippen molar-refractivity contribution in [2.24, 2.45) is 7.05 Å². The highest BCUT2D eigenvalue weighted by atomic mass is 32.3. The minimum Gasteiger partial charge on any atom is -0.726 e. The highest BCUT2D eigenvalue weighted by Gasteiger charge is 2.32. The molecule has 0 bridgehead atoms. The molecule has 1 aromatic heterocycles. The molecule has 0 aliphatic heterocycles. The predicted molar refractivity (Wildman–Crippen MR) is 73.2 cm³/mol. The first-order chi connectivity index (χ1) is 9.85. The maximum Gasteiger partial charge on any atom is 0.224 e. The molecule has 1 aliphatic rings. The standard InChI is InChI=1S/C13H10NO.CH4O4S/c1-14-8-4-7-11-12(14)9-5-2-3-6-10(9)13(11)15;1-5-6(2,3)4/h2-8H,1H3;1H3,(H,2,3,4)/q+1;/p-1. The van der Waals surface area contributed by atoms with E-state index in [0.29, 0.717) is 0 Å². The number of benzene rings is 1. The van der Waals surface area contributed by atoms with E-state index in [2.05, 4.69) is 4.18 Å². The molecule has 1 heterocycles. The van der Waals surface area contributed by atoms with Crippen LogP contribution in [0, 0.1) is 0 Å². The van der Waals surface area contributed by atoms with E-state index in [9.17, 15) is 17.8 Å². The van der Waals surface area contributed by atoms with Crippen molar-refractivity contribution in [1.29, 1.82) is 0 Å². The minimum atomic E-state index is -4.41. The fourth-order valence-corrected chi connectivity index (χ4v) is 2.16. The Bertz CT molecular complexity index is 799. The lowest BCUT2D eigenvalue weighted by Gasteiger charge is -1.98. The first kappa shape index (κ1) is 15.3. The minimum absolute atomic E-state index is 0.136. The summed E-state index contributed by atoms with van der Waals surface area (Å²) >= 11 is 0. The Hall–Kier alpha value is -2.09. The number of hydrogen-bond donors (Lipinski definition) is 0. The van der Waals surface area contributed by atoms with Crippen molar-refractivity contribution >= 4 is 16.2 Å². The number of aryl methyl sites for hydroxylation is 1. The number of carbonyl (C=O) groups excluding carboxylic acids is 1. The quantitative estimate of drug-likeness (QED) is 0.377. The molecule has 7 heteroatoms. The molecule has 0 unspecified atom stereocenters. The number of hydrogen-bond acceptors (Lipinski definition) is 5. The summed E-state index contributed by atoms with van der Waals surface area (Å²) in [6.45, 7) is 0. The Morgan fingerprint density at radius 2 is 1.57 bits per heavy atom. The van der Waals surface area contributed by atoms with Gasteiger partial charge in [0.2, 0.25) is 21.9 Å². The van der Waals surface area contributed by atoms with E-state index in [1.165, 1.54) is 0 Å². The van der Waals surface area contributed by atoms with Gasteiger partial charge in [-0.25, -0.2) is 13.0 Å². The summed E-state index contributed by atoms with van der Waals surface area (Å²) in [5, 5.41) is 0. The number of aromatic nitrogens is 1. The van der Waals surface area contributed by atoms with Crippen LogP contribution in [0.5, 0.6) is 0 Å². The summed E-state index contributed by atoms with van der Waals surface area (Å²) in [6.07, 6.45) is 1.97. The Balaban J connectivity index is 0.000000232. The van der Waals surface area contributed by atoms with Gasteiger partial charge in [-0.3, -0.25) is 8.98 Å². The van der Waals surface area contributed by atoms with Gasteiger partial charge in [-0.1, -0.05) is 18.2 Å². The zero-order chi connectivity index (χ0) is 15.6. The maximum atomic E-state index is 12.0. The second kappa shape index (κ2) is 5.72. The van der Waals surface area contributed by atoms with Gasteiger partial charge in [0.05, 0.1) is 18.2 Å². The van der Waals surface area contributed by atoms with E-state index >= 15 is 0 Å². The van der Waals surface area contributed by atoms with Gasteiger partial charge < -0.3 is 4.55 Å². The molecule has 0 saturated heterocycles. The van der Waals surface area contributed by atoms with E-state index in [0.717, 1.165) is 29.5 Å². The van der Waals surface area contributed by atoms with Crippen molar-refractivity contribution in [2.45, 2.75) is 0 Å². The second-order valence-electron chi connectivity index (χ2n) is 4.33. The summed E-state index contributed by atoms with van der Waals surface area (Å²) in [6, 6.07) is 11.5. The molecule has 0 amide bonds. The van der Waals surface area contributed by atoms with Crippen LogP contribution in [-0.2, 0) is 21.6 Å². The molecule has 0 spiro atoms. The third-order valence-corrected chi connectivity index (χ3v) is 3.46. The topological polar surface area (TPSA) is 87.4 Å². The van der Waals surface area contributed by atoms with Gasteiger partial charge in [0.1, 0.15) is 7.05 Å². The van der Waals surface area contributed by atoms with E-state index < -0.39 is 10.4 Å². The highest BCUT2D eigenvalue weighted by molar-refractivity contribution is 7.80. The van der Waals surface area contributed by atoms with Crippen molar-refractivity contribution in [1.82, 2.24) is 0 Å². The van der Waals surface area contributed by atoms with E-state index in [1.54, 1.807) is 0 Å². The zero-order valence-electron chi connectivity index (χ0n) is 11.4. The molecule has 0 atom stereocenters. The third kappa shape index (κ3) is 3.15. The van der Waals surface area contributed by atoms with Gasteiger partial charge >= 0.3 is 0 Å². The van der Waals surface area contributed by atoms with Gasteiger partial charge in [0, 0.05) is 11.6 Å². The molecule has 0 N–H and O–H groups in total. The molecular weight excluding hydrogens is 294 g/mol. The van der Waals surface area contributed by atoms with Crippen LogP contribution in [0.1, 0.15) is 15.9 Å². The van der Waals surface area contributed by atoms with Crippen LogP contribution in [0.2, 0.25) is 0 Å². The molecule has 3 rings (SSSR count). The van der Waals surface area contributed by atoms with Crippen molar-refractivity contribution in [3.8, 4) is 11.3 Å². The molecule has 6 nitrogen and oxygen atoms in total. The fraction of sp³-hybridized carbons (Fsp3) is 0.143. The maximum absolute atomic E-state index is 12.0. The molecule has 1 aliphatic carbocycles. The number of fused-ring (bicyclic) bond motifs is 3. The Morgan fingerprint density at radius 3 is 2.14 bits per heavy atom. The van der Waals surface area contributed by atoms with Crippen LogP contribution in [0.4, 0.5) is 0 Å². The van der Waals surface area contributed by atoms with E-state index in [1.807, 2.05) is 54.2 Å². The molecule has 2 aromatic rings. The predicted octanol–water partition coefficient (Wildman–Crippen LogP) is 0.816. The van der Waals surface area contributed by atoms with E-state index in [4.69, 9.17) is 0 Å². The number of rotatable bonds is 1. The average Bonchev–Trinajstić information content (AvgIpc) is 2.74. The number of nitrogens with zero attached hydrogens (tertiary/aromatic N) is 1. The van der Waals surface area contributed by atoms with Crippen LogP contribution < -0.4 is 4.57 Å². The fourth-order valence-electron chi connectivity index (χ4n) is 2.16. The monoisotopic (exact) mass is 307 g/mol. The first-order valence-corrected chi connectivity index (χ1v) is 7.32. The molecule has 1 aromatic carbocycles. The molecule has 110 valence electrons. The molecule has 0 radical (unpaired) electrons. The summed E-state index contributed by atoms with van der Waals surface area (Å²) in [5.41, 5.74) is 3.69. The van der Waals surface area contributed by atoms with Gasteiger partial charge in [0.25, 0.3) is 0 Å². The van der Waals surface area contributed by atoms with Crippen LogP contribution in [0.3, 0.4) is 0 Å².